The molecule has 1 heterocycles. The van der Waals surface area contributed by atoms with Crippen LogP contribution in [0.4, 0.5) is 0 Å². The fourth-order valence-electron chi connectivity index (χ4n) is 2.58. The summed E-state index contributed by atoms with van der Waals surface area (Å²) in [4.78, 5) is 25.4. The Morgan fingerprint density at radius 1 is 1.00 bits per heavy atom. The maximum absolute atomic E-state index is 12.2. The maximum Gasteiger partial charge on any atom is 0.261 e. The van der Waals surface area contributed by atoms with E-state index in [9.17, 15) is 9.59 Å². The third-order valence-corrected chi connectivity index (χ3v) is 3.58. The number of hydrogen-bond donors (Lipinski definition) is 0. The lowest BCUT2D eigenvalue weighted by molar-refractivity contribution is 0.0693. The van der Waals surface area contributed by atoms with Gasteiger partial charge in [0.2, 0.25) is 0 Å². The van der Waals surface area contributed by atoms with Crippen LogP contribution in [-0.2, 0) is 0 Å². The molecular weight excluding hydrogens is 258 g/mol. The molecule has 1 aliphatic rings. The molecule has 0 spiro atoms. The Morgan fingerprint density at radius 3 is 2.35 bits per heavy atom. The lowest BCUT2D eigenvalue weighted by atomic mass is 9.98. The van der Waals surface area contributed by atoms with Crippen LogP contribution in [0.2, 0.25) is 0 Å². The van der Waals surface area contributed by atoms with Gasteiger partial charge in [-0.05, 0) is 12.1 Å². The van der Waals surface area contributed by atoms with E-state index in [0.717, 1.165) is 4.90 Å². The minimum atomic E-state index is -0.312. The van der Waals surface area contributed by atoms with Gasteiger partial charge in [0.25, 0.3) is 11.8 Å². The second kappa shape index (κ2) is 4.23. The van der Waals surface area contributed by atoms with Crippen molar-refractivity contribution in [3.8, 4) is 11.5 Å². The number of benzene rings is 2. The summed E-state index contributed by atoms with van der Waals surface area (Å²) < 4.78 is 10.7. The highest BCUT2D eigenvalue weighted by atomic mass is 16.5. The zero-order chi connectivity index (χ0) is 14.4. The first-order chi connectivity index (χ1) is 9.60. The Kier molecular flexibility index (Phi) is 2.64. The first-order valence-corrected chi connectivity index (χ1v) is 6.10. The van der Waals surface area contributed by atoms with Crippen molar-refractivity contribution in [3.63, 3.8) is 0 Å². The van der Waals surface area contributed by atoms with Crippen LogP contribution in [0.15, 0.2) is 24.3 Å². The van der Waals surface area contributed by atoms with Gasteiger partial charge in [-0.25, -0.2) is 0 Å². The van der Waals surface area contributed by atoms with E-state index in [0.29, 0.717) is 33.4 Å². The first-order valence-electron chi connectivity index (χ1n) is 6.10. The van der Waals surface area contributed by atoms with Crippen molar-refractivity contribution >= 4 is 22.6 Å². The number of amides is 2. The number of rotatable bonds is 2. The SMILES string of the molecule is COc1cccc2c3c(cc(OC)c12)C(=O)N(C)C3=O. The predicted octanol–water partition coefficient (Wildman–Crippen LogP) is 2.08. The third kappa shape index (κ3) is 1.43. The second-order valence-corrected chi connectivity index (χ2v) is 4.55. The molecule has 2 aromatic carbocycles. The highest BCUT2D eigenvalue weighted by molar-refractivity contribution is 6.27. The maximum atomic E-state index is 12.2. The van der Waals surface area contributed by atoms with E-state index in [1.807, 2.05) is 0 Å². The molecule has 0 aromatic heterocycles. The lowest BCUT2D eigenvalue weighted by Gasteiger charge is -2.12. The van der Waals surface area contributed by atoms with Gasteiger partial charge in [-0.15, -0.1) is 0 Å². The standard InChI is InChI=1S/C15H13NO4/c1-16-14(17)9-7-11(20-3)13-8(12(9)15(16)18)5-4-6-10(13)19-2/h4-7H,1-3H3. The van der Waals surface area contributed by atoms with E-state index < -0.39 is 0 Å². The molecule has 2 aromatic rings. The summed E-state index contributed by atoms with van der Waals surface area (Å²) in [6.45, 7) is 0. The molecule has 0 atom stereocenters. The van der Waals surface area contributed by atoms with Gasteiger partial charge >= 0.3 is 0 Å². The van der Waals surface area contributed by atoms with Crippen molar-refractivity contribution in [2.24, 2.45) is 0 Å². The molecule has 5 heteroatoms. The molecule has 102 valence electrons. The van der Waals surface area contributed by atoms with Crippen LogP contribution < -0.4 is 9.47 Å². The molecule has 0 aliphatic carbocycles. The largest absolute Gasteiger partial charge is 0.496 e. The lowest BCUT2D eigenvalue weighted by Crippen LogP contribution is -2.24. The number of fused-ring (bicyclic) bond motifs is 3. The average Bonchev–Trinajstić information content (AvgIpc) is 2.70. The minimum absolute atomic E-state index is 0.300. The van der Waals surface area contributed by atoms with Gasteiger partial charge in [0.15, 0.2) is 0 Å². The van der Waals surface area contributed by atoms with Gasteiger partial charge in [0.05, 0.1) is 30.7 Å². The van der Waals surface area contributed by atoms with E-state index in [4.69, 9.17) is 9.47 Å². The number of carbonyl (C=O) groups excluding carboxylic acids is 2. The van der Waals surface area contributed by atoms with Gasteiger partial charge in [-0.3, -0.25) is 14.5 Å². The number of hydrogen-bond acceptors (Lipinski definition) is 4. The van der Waals surface area contributed by atoms with Crippen LogP contribution in [0.3, 0.4) is 0 Å². The Hall–Kier alpha value is -2.56. The number of ether oxygens (including phenoxy) is 2. The van der Waals surface area contributed by atoms with Crippen LogP contribution in [-0.4, -0.2) is 38.0 Å². The van der Waals surface area contributed by atoms with Crippen LogP contribution in [0.1, 0.15) is 20.7 Å². The molecule has 3 rings (SSSR count). The zero-order valence-electron chi connectivity index (χ0n) is 11.4. The highest BCUT2D eigenvalue weighted by Crippen LogP contribution is 2.40. The highest BCUT2D eigenvalue weighted by Gasteiger charge is 2.36. The van der Waals surface area contributed by atoms with Crippen molar-refractivity contribution in [2.45, 2.75) is 0 Å². The van der Waals surface area contributed by atoms with Gasteiger partial charge in [-0.1, -0.05) is 12.1 Å². The van der Waals surface area contributed by atoms with Crippen LogP contribution in [0.5, 0.6) is 11.5 Å². The van der Waals surface area contributed by atoms with Gasteiger partial charge in [-0.2, -0.15) is 0 Å². The summed E-state index contributed by atoms with van der Waals surface area (Å²) in [7, 11) is 4.56. The van der Waals surface area contributed by atoms with Gasteiger partial charge < -0.3 is 9.47 Å². The van der Waals surface area contributed by atoms with E-state index in [2.05, 4.69) is 0 Å². The third-order valence-electron chi connectivity index (χ3n) is 3.58. The number of methoxy groups -OCH3 is 2. The van der Waals surface area contributed by atoms with Gasteiger partial charge in [0.1, 0.15) is 11.5 Å². The molecule has 0 fully saturated rings. The van der Waals surface area contributed by atoms with Gasteiger partial charge in [0, 0.05) is 12.4 Å². The molecule has 0 saturated carbocycles. The molecular formula is C15H13NO4. The van der Waals surface area contributed by atoms with E-state index in [1.165, 1.54) is 14.2 Å². The fourth-order valence-corrected chi connectivity index (χ4v) is 2.58. The van der Waals surface area contributed by atoms with Crippen molar-refractivity contribution in [2.75, 3.05) is 21.3 Å². The topological polar surface area (TPSA) is 55.8 Å². The van der Waals surface area contributed by atoms with E-state index in [1.54, 1.807) is 31.4 Å². The van der Waals surface area contributed by atoms with E-state index >= 15 is 0 Å². The molecule has 2 amide bonds. The Labute approximate surface area is 115 Å². The summed E-state index contributed by atoms with van der Waals surface area (Å²) in [5.74, 6) is 0.517. The number of carbonyl (C=O) groups is 2. The summed E-state index contributed by atoms with van der Waals surface area (Å²) in [5, 5.41) is 1.37. The van der Waals surface area contributed by atoms with Crippen molar-refractivity contribution in [3.05, 3.63) is 35.4 Å². The Bertz CT molecular complexity index is 751. The molecule has 5 nitrogen and oxygen atoms in total. The normalized spacial score (nSPS) is 13.8. The molecule has 0 saturated heterocycles. The Balaban J connectivity index is 2.49. The zero-order valence-corrected chi connectivity index (χ0v) is 11.4. The number of imide groups is 1. The molecule has 0 N–H and O–H groups in total. The molecule has 1 aliphatic heterocycles. The quantitative estimate of drug-likeness (QED) is 0.785. The van der Waals surface area contributed by atoms with Crippen molar-refractivity contribution in [1.82, 2.24) is 4.90 Å². The second-order valence-electron chi connectivity index (χ2n) is 4.55. The van der Waals surface area contributed by atoms with Crippen LogP contribution >= 0.6 is 0 Å². The minimum Gasteiger partial charge on any atom is -0.496 e. The summed E-state index contributed by atoms with van der Waals surface area (Å²) in [5.41, 5.74) is 0.780. The van der Waals surface area contributed by atoms with Crippen molar-refractivity contribution in [1.29, 1.82) is 0 Å². The fraction of sp³-hybridized carbons (Fsp3) is 0.200. The molecule has 20 heavy (non-hydrogen) atoms. The smallest absolute Gasteiger partial charge is 0.261 e. The monoisotopic (exact) mass is 271 g/mol. The van der Waals surface area contributed by atoms with E-state index in [-0.39, 0.29) is 11.8 Å². The summed E-state index contributed by atoms with van der Waals surface area (Å²) >= 11 is 0. The predicted molar refractivity (Wildman–Crippen MR) is 73.5 cm³/mol. The van der Waals surface area contributed by atoms with Crippen molar-refractivity contribution < 1.29 is 19.1 Å². The Morgan fingerprint density at radius 2 is 1.70 bits per heavy atom. The average molecular weight is 271 g/mol. The first kappa shape index (κ1) is 12.5. The van der Waals surface area contributed by atoms with Crippen LogP contribution in [0.25, 0.3) is 10.8 Å². The summed E-state index contributed by atoms with van der Waals surface area (Å²) in [6, 6.07) is 6.98. The molecule has 0 bridgehead atoms. The molecule has 0 radical (unpaired) electrons. The summed E-state index contributed by atoms with van der Waals surface area (Å²) in [6.07, 6.45) is 0. The number of nitrogens with zero attached hydrogens (tertiary/aromatic N) is 1. The van der Waals surface area contributed by atoms with Crippen LogP contribution in [0, 0.1) is 0 Å². The molecule has 0 unspecified atom stereocenters.